The molecular weight excluding hydrogens is 254 g/mol. The number of nitrogens with zero attached hydrogens (tertiary/aromatic N) is 1. The molecule has 2 rings (SSSR count). The van der Waals surface area contributed by atoms with E-state index < -0.39 is 0 Å². The first kappa shape index (κ1) is 14.1. The third kappa shape index (κ3) is 4.12. The van der Waals surface area contributed by atoms with E-state index in [0.717, 1.165) is 17.0 Å². The summed E-state index contributed by atoms with van der Waals surface area (Å²) in [4.78, 5) is 11.7. The Labute approximate surface area is 118 Å². The van der Waals surface area contributed by atoms with Crippen molar-refractivity contribution in [3.8, 4) is 5.75 Å². The maximum absolute atomic E-state index is 11.7. The average molecular weight is 273 g/mol. The number of H-pyrrole nitrogens is 1. The van der Waals surface area contributed by atoms with E-state index in [4.69, 9.17) is 4.74 Å². The highest BCUT2D eigenvalue weighted by atomic mass is 16.5. The molecule has 20 heavy (non-hydrogen) atoms. The number of benzene rings is 1. The van der Waals surface area contributed by atoms with Gasteiger partial charge in [0.1, 0.15) is 5.75 Å². The summed E-state index contributed by atoms with van der Waals surface area (Å²) in [5, 5.41) is 9.47. The van der Waals surface area contributed by atoms with Crippen molar-refractivity contribution in [2.75, 3.05) is 11.9 Å². The van der Waals surface area contributed by atoms with Crippen LogP contribution in [0.25, 0.3) is 0 Å². The van der Waals surface area contributed by atoms with E-state index in [1.165, 1.54) is 0 Å². The zero-order chi connectivity index (χ0) is 14.4. The van der Waals surface area contributed by atoms with Crippen molar-refractivity contribution >= 4 is 11.7 Å². The molecule has 0 radical (unpaired) electrons. The van der Waals surface area contributed by atoms with Gasteiger partial charge in [0.05, 0.1) is 6.61 Å². The summed E-state index contributed by atoms with van der Waals surface area (Å²) in [6.45, 7) is 4.42. The van der Waals surface area contributed by atoms with E-state index in [0.29, 0.717) is 25.3 Å². The van der Waals surface area contributed by atoms with Crippen LogP contribution < -0.4 is 10.1 Å². The highest BCUT2D eigenvalue weighted by Gasteiger charge is 2.05. The molecular formula is C15H19N3O2. The molecule has 106 valence electrons. The minimum Gasteiger partial charge on any atom is -0.493 e. The molecule has 1 aromatic carbocycles. The van der Waals surface area contributed by atoms with Gasteiger partial charge in [-0.2, -0.15) is 5.10 Å². The minimum atomic E-state index is -0.0510. The molecule has 5 heteroatoms. The van der Waals surface area contributed by atoms with Crippen LogP contribution in [-0.4, -0.2) is 22.7 Å². The third-order valence-corrected chi connectivity index (χ3v) is 2.87. The van der Waals surface area contributed by atoms with Crippen LogP contribution in [0.15, 0.2) is 30.3 Å². The van der Waals surface area contributed by atoms with E-state index in [-0.39, 0.29) is 5.91 Å². The maximum Gasteiger partial charge on any atom is 0.225 e. The van der Waals surface area contributed by atoms with Crippen LogP contribution in [0.2, 0.25) is 0 Å². The van der Waals surface area contributed by atoms with E-state index in [1.54, 1.807) is 6.07 Å². The molecule has 0 fully saturated rings. The molecule has 0 saturated carbocycles. The Hall–Kier alpha value is -2.30. The number of hydrogen-bond acceptors (Lipinski definition) is 3. The standard InChI is InChI=1S/C15H19N3O2/c1-11-6-3-4-7-13(11)20-9-5-8-15(19)16-14-10-12(2)17-18-14/h3-4,6-7,10H,5,8-9H2,1-2H3,(H2,16,17,18,19). The first-order valence-corrected chi connectivity index (χ1v) is 6.65. The second-order valence-corrected chi connectivity index (χ2v) is 4.70. The van der Waals surface area contributed by atoms with Gasteiger partial charge >= 0.3 is 0 Å². The second-order valence-electron chi connectivity index (χ2n) is 4.70. The van der Waals surface area contributed by atoms with Crippen LogP contribution in [0.5, 0.6) is 5.75 Å². The predicted molar refractivity (Wildman–Crippen MR) is 77.9 cm³/mol. The summed E-state index contributed by atoms with van der Waals surface area (Å²) in [5.74, 6) is 1.38. The lowest BCUT2D eigenvalue weighted by Gasteiger charge is -2.08. The molecule has 0 atom stereocenters. The monoisotopic (exact) mass is 273 g/mol. The number of aryl methyl sites for hydroxylation is 2. The largest absolute Gasteiger partial charge is 0.493 e. The quantitative estimate of drug-likeness (QED) is 0.795. The summed E-state index contributed by atoms with van der Waals surface area (Å²) < 4.78 is 5.64. The van der Waals surface area contributed by atoms with Gasteiger partial charge in [0.2, 0.25) is 5.91 Å². The lowest BCUT2D eigenvalue weighted by atomic mass is 10.2. The van der Waals surface area contributed by atoms with Crippen LogP contribution in [0.4, 0.5) is 5.82 Å². The molecule has 0 bridgehead atoms. The smallest absolute Gasteiger partial charge is 0.225 e. The fraction of sp³-hybridized carbons (Fsp3) is 0.333. The SMILES string of the molecule is Cc1cc(NC(=O)CCCOc2ccccc2C)n[nH]1. The van der Waals surface area contributed by atoms with Gasteiger partial charge in [0, 0.05) is 18.2 Å². The molecule has 1 aromatic heterocycles. The van der Waals surface area contributed by atoms with Crippen LogP contribution >= 0.6 is 0 Å². The number of aromatic amines is 1. The number of ether oxygens (including phenoxy) is 1. The topological polar surface area (TPSA) is 67.0 Å². The third-order valence-electron chi connectivity index (χ3n) is 2.87. The molecule has 0 aliphatic carbocycles. The molecule has 2 N–H and O–H groups in total. The Morgan fingerprint density at radius 1 is 1.35 bits per heavy atom. The van der Waals surface area contributed by atoms with E-state index in [2.05, 4.69) is 15.5 Å². The van der Waals surface area contributed by atoms with E-state index >= 15 is 0 Å². The number of carbonyl (C=O) groups excluding carboxylic acids is 1. The summed E-state index contributed by atoms with van der Waals surface area (Å²) in [5.41, 5.74) is 2.02. The van der Waals surface area contributed by atoms with Gasteiger partial charge in [-0.05, 0) is 31.9 Å². The van der Waals surface area contributed by atoms with Gasteiger partial charge in [0.15, 0.2) is 5.82 Å². The molecule has 0 aliphatic rings. The van der Waals surface area contributed by atoms with Crippen molar-refractivity contribution in [1.82, 2.24) is 10.2 Å². The summed E-state index contributed by atoms with van der Waals surface area (Å²) >= 11 is 0. The van der Waals surface area contributed by atoms with Crippen molar-refractivity contribution in [2.24, 2.45) is 0 Å². The van der Waals surface area contributed by atoms with Crippen molar-refractivity contribution < 1.29 is 9.53 Å². The van der Waals surface area contributed by atoms with E-state index in [9.17, 15) is 4.79 Å². The second kappa shape index (κ2) is 6.75. The number of carbonyl (C=O) groups is 1. The zero-order valence-corrected chi connectivity index (χ0v) is 11.8. The van der Waals surface area contributed by atoms with Crippen LogP contribution in [-0.2, 0) is 4.79 Å². The number of rotatable bonds is 6. The minimum absolute atomic E-state index is 0.0510. The van der Waals surface area contributed by atoms with Crippen molar-refractivity contribution in [2.45, 2.75) is 26.7 Å². The Morgan fingerprint density at radius 2 is 2.15 bits per heavy atom. The molecule has 2 aromatic rings. The highest BCUT2D eigenvalue weighted by Crippen LogP contribution is 2.16. The molecule has 1 heterocycles. The van der Waals surface area contributed by atoms with Gasteiger partial charge in [-0.3, -0.25) is 9.89 Å². The van der Waals surface area contributed by atoms with Gasteiger partial charge in [-0.25, -0.2) is 0 Å². The van der Waals surface area contributed by atoms with Crippen molar-refractivity contribution in [1.29, 1.82) is 0 Å². The van der Waals surface area contributed by atoms with Crippen molar-refractivity contribution in [3.63, 3.8) is 0 Å². The van der Waals surface area contributed by atoms with Crippen molar-refractivity contribution in [3.05, 3.63) is 41.6 Å². The van der Waals surface area contributed by atoms with E-state index in [1.807, 2.05) is 38.1 Å². The number of aromatic nitrogens is 2. The van der Waals surface area contributed by atoms with Gasteiger partial charge in [-0.1, -0.05) is 18.2 Å². The van der Waals surface area contributed by atoms with Crippen LogP contribution in [0.1, 0.15) is 24.1 Å². The highest BCUT2D eigenvalue weighted by molar-refractivity contribution is 5.89. The lowest BCUT2D eigenvalue weighted by molar-refractivity contribution is -0.116. The number of hydrogen-bond donors (Lipinski definition) is 2. The molecule has 0 unspecified atom stereocenters. The lowest BCUT2D eigenvalue weighted by Crippen LogP contribution is -2.13. The van der Waals surface area contributed by atoms with Crippen LogP contribution in [0, 0.1) is 13.8 Å². The Bertz CT molecular complexity index is 578. The van der Waals surface area contributed by atoms with Gasteiger partial charge in [-0.15, -0.1) is 0 Å². The summed E-state index contributed by atoms with van der Waals surface area (Å²) in [6, 6.07) is 9.64. The molecule has 0 saturated heterocycles. The Morgan fingerprint density at radius 3 is 2.85 bits per heavy atom. The zero-order valence-electron chi connectivity index (χ0n) is 11.8. The maximum atomic E-state index is 11.7. The normalized spacial score (nSPS) is 10.3. The van der Waals surface area contributed by atoms with Gasteiger partial charge in [0.25, 0.3) is 0 Å². The first-order valence-electron chi connectivity index (χ1n) is 6.65. The van der Waals surface area contributed by atoms with Crippen LogP contribution in [0.3, 0.4) is 0 Å². The molecule has 5 nitrogen and oxygen atoms in total. The summed E-state index contributed by atoms with van der Waals surface area (Å²) in [6.07, 6.45) is 1.08. The Kier molecular flexibility index (Phi) is 4.76. The molecule has 1 amide bonds. The number of amides is 1. The molecule has 0 aliphatic heterocycles. The fourth-order valence-corrected chi connectivity index (χ4v) is 1.82. The number of nitrogens with one attached hydrogen (secondary N) is 2. The molecule has 0 spiro atoms. The summed E-state index contributed by atoms with van der Waals surface area (Å²) in [7, 11) is 0. The average Bonchev–Trinajstić information content (AvgIpc) is 2.82. The first-order chi connectivity index (χ1) is 9.65. The predicted octanol–water partition coefficient (Wildman–Crippen LogP) is 2.82. The Balaban J connectivity index is 1.68. The number of para-hydroxylation sites is 1. The fourth-order valence-electron chi connectivity index (χ4n) is 1.82. The number of anilines is 1. The van der Waals surface area contributed by atoms with Gasteiger partial charge < -0.3 is 10.1 Å².